The summed E-state index contributed by atoms with van der Waals surface area (Å²) in [6, 6.07) is 13.0. The van der Waals surface area contributed by atoms with E-state index in [2.05, 4.69) is 36.4 Å². The third-order valence-corrected chi connectivity index (χ3v) is 4.59. The average Bonchev–Trinajstić information content (AvgIpc) is 3.09. The first-order valence-corrected chi connectivity index (χ1v) is 7.43. The first-order valence-electron chi connectivity index (χ1n) is 7.43. The van der Waals surface area contributed by atoms with Gasteiger partial charge in [-0.25, -0.2) is 0 Å². The maximum atomic E-state index is 6.44. The van der Waals surface area contributed by atoms with Crippen molar-refractivity contribution >= 4 is 5.69 Å². The van der Waals surface area contributed by atoms with Crippen LogP contribution in [0.25, 0.3) is 11.1 Å². The van der Waals surface area contributed by atoms with Gasteiger partial charge in [0, 0.05) is 25.1 Å². The summed E-state index contributed by atoms with van der Waals surface area (Å²) in [5.41, 5.74) is 14.0. The fourth-order valence-electron chi connectivity index (χ4n) is 3.51. The number of benzene rings is 2. The van der Waals surface area contributed by atoms with E-state index in [1.54, 1.807) is 0 Å². The van der Waals surface area contributed by atoms with Crippen LogP contribution in [0.4, 0.5) is 5.69 Å². The predicted octanol–water partition coefficient (Wildman–Crippen LogP) is 3.56. The molecule has 102 valence electrons. The van der Waals surface area contributed by atoms with Crippen molar-refractivity contribution in [3.05, 3.63) is 53.1 Å². The van der Waals surface area contributed by atoms with Gasteiger partial charge in [-0.2, -0.15) is 0 Å². The molecule has 1 fully saturated rings. The number of nitrogen functional groups attached to an aromatic ring is 1. The summed E-state index contributed by atoms with van der Waals surface area (Å²) in [4.78, 5) is 0. The Bertz CT molecular complexity index is 656. The van der Waals surface area contributed by atoms with E-state index < -0.39 is 0 Å². The Kier molecular flexibility index (Phi) is 2.78. The summed E-state index contributed by atoms with van der Waals surface area (Å²) in [5.74, 6) is 0. The zero-order valence-electron chi connectivity index (χ0n) is 11.6. The van der Waals surface area contributed by atoms with Gasteiger partial charge in [0.25, 0.3) is 0 Å². The van der Waals surface area contributed by atoms with Gasteiger partial charge < -0.3 is 10.5 Å². The molecule has 2 aliphatic rings. The van der Waals surface area contributed by atoms with E-state index >= 15 is 0 Å². The molecular weight excluding hydrogens is 246 g/mol. The Balaban J connectivity index is 1.71. The number of nitrogens with two attached hydrogens (primary N) is 1. The fourth-order valence-corrected chi connectivity index (χ4v) is 3.51. The summed E-state index contributed by atoms with van der Waals surface area (Å²) >= 11 is 0. The van der Waals surface area contributed by atoms with Gasteiger partial charge in [-0.1, -0.05) is 36.4 Å². The molecule has 0 amide bonds. The number of anilines is 1. The molecule has 1 saturated heterocycles. The molecule has 0 bridgehead atoms. The quantitative estimate of drug-likeness (QED) is 0.719. The van der Waals surface area contributed by atoms with E-state index in [0.717, 1.165) is 31.6 Å². The Morgan fingerprint density at radius 3 is 2.85 bits per heavy atom. The number of ether oxygens (including phenoxy) is 1. The molecular formula is C18H19NO. The van der Waals surface area contributed by atoms with Crippen LogP contribution in [0.2, 0.25) is 0 Å². The van der Waals surface area contributed by atoms with Crippen molar-refractivity contribution in [2.24, 2.45) is 0 Å². The van der Waals surface area contributed by atoms with Gasteiger partial charge >= 0.3 is 0 Å². The summed E-state index contributed by atoms with van der Waals surface area (Å²) in [5, 5.41) is 0. The van der Waals surface area contributed by atoms with Gasteiger partial charge in [0.05, 0.1) is 6.10 Å². The highest BCUT2D eigenvalue weighted by Gasteiger charge is 2.23. The van der Waals surface area contributed by atoms with E-state index in [4.69, 9.17) is 10.5 Å². The molecule has 2 aromatic carbocycles. The normalized spacial score (nSPS) is 19.9. The van der Waals surface area contributed by atoms with Gasteiger partial charge in [0.1, 0.15) is 0 Å². The molecule has 1 unspecified atom stereocenters. The minimum Gasteiger partial charge on any atom is -0.398 e. The summed E-state index contributed by atoms with van der Waals surface area (Å²) in [7, 11) is 0. The van der Waals surface area contributed by atoms with Crippen LogP contribution < -0.4 is 5.73 Å². The molecule has 0 aromatic heterocycles. The predicted molar refractivity (Wildman–Crippen MR) is 81.8 cm³/mol. The van der Waals surface area contributed by atoms with E-state index in [1.165, 1.54) is 34.2 Å². The Morgan fingerprint density at radius 1 is 1.10 bits per heavy atom. The number of rotatable bonds is 2. The molecule has 0 saturated carbocycles. The first-order chi connectivity index (χ1) is 9.83. The van der Waals surface area contributed by atoms with E-state index in [-0.39, 0.29) is 0 Å². The molecule has 2 nitrogen and oxygen atoms in total. The lowest BCUT2D eigenvalue weighted by Crippen LogP contribution is -2.11. The third kappa shape index (κ3) is 1.83. The lowest BCUT2D eigenvalue weighted by Gasteiger charge is -2.14. The zero-order chi connectivity index (χ0) is 13.5. The largest absolute Gasteiger partial charge is 0.398 e. The van der Waals surface area contributed by atoms with E-state index in [1.807, 2.05) is 0 Å². The summed E-state index contributed by atoms with van der Waals surface area (Å²) in [6.07, 6.45) is 4.63. The Hall–Kier alpha value is -1.80. The minimum atomic E-state index is 0.360. The fraction of sp³-hybridized carbons (Fsp3) is 0.333. The molecule has 2 N–H and O–H groups in total. The van der Waals surface area contributed by atoms with Crippen LogP contribution in [0.3, 0.4) is 0 Å². The Morgan fingerprint density at radius 2 is 2.00 bits per heavy atom. The van der Waals surface area contributed by atoms with Crippen LogP contribution in [0.15, 0.2) is 36.4 Å². The lowest BCUT2D eigenvalue weighted by molar-refractivity contribution is 0.111. The monoisotopic (exact) mass is 265 g/mol. The molecule has 20 heavy (non-hydrogen) atoms. The molecule has 1 aliphatic heterocycles. The minimum absolute atomic E-state index is 0.360. The van der Waals surface area contributed by atoms with Crippen molar-refractivity contribution in [1.29, 1.82) is 0 Å². The van der Waals surface area contributed by atoms with Crippen LogP contribution in [0.5, 0.6) is 0 Å². The second-order valence-corrected chi connectivity index (χ2v) is 5.84. The molecule has 1 aliphatic carbocycles. The van der Waals surface area contributed by atoms with Crippen LogP contribution in [-0.4, -0.2) is 12.7 Å². The van der Waals surface area contributed by atoms with Gasteiger partial charge in [-0.05, 0) is 40.7 Å². The number of hydrogen-bond acceptors (Lipinski definition) is 2. The van der Waals surface area contributed by atoms with Crippen molar-refractivity contribution in [2.45, 2.75) is 31.8 Å². The average molecular weight is 265 g/mol. The number of fused-ring (bicyclic) bond motifs is 3. The SMILES string of the molecule is Nc1c(CC2CCCO2)ccc2c1Cc1ccccc1-2. The standard InChI is InChI=1S/C18H19NO/c19-18-13(10-14-5-3-9-20-14)7-8-16-15-6-2-1-4-12(15)11-17(16)18/h1-2,4,6-8,14H,3,5,9-11,19H2. The zero-order valence-corrected chi connectivity index (χ0v) is 11.6. The molecule has 1 heterocycles. The highest BCUT2D eigenvalue weighted by molar-refractivity contribution is 5.82. The highest BCUT2D eigenvalue weighted by atomic mass is 16.5. The highest BCUT2D eigenvalue weighted by Crippen LogP contribution is 2.40. The molecule has 2 heteroatoms. The van der Waals surface area contributed by atoms with Gasteiger partial charge in [-0.3, -0.25) is 0 Å². The van der Waals surface area contributed by atoms with Gasteiger partial charge in [0.15, 0.2) is 0 Å². The number of hydrogen-bond donors (Lipinski definition) is 1. The first kappa shape index (κ1) is 12.0. The smallest absolute Gasteiger partial charge is 0.0617 e. The maximum absolute atomic E-state index is 6.44. The van der Waals surface area contributed by atoms with Crippen molar-refractivity contribution in [3.8, 4) is 11.1 Å². The van der Waals surface area contributed by atoms with Gasteiger partial charge in [0.2, 0.25) is 0 Å². The lowest BCUT2D eigenvalue weighted by atomic mass is 9.97. The second kappa shape index (κ2) is 4.64. The van der Waals surface area contributed by atoms with Crippen LogP contribution in [0.1, 0.15) is 29.5 Å². The van der Waals surface area contributed by atoms with Crippen molar-refractivity contribution < 1.29 is 4.74 Å². The maximum Gasteiger partial charge on any atom is 0.0617 e. The van der Waals surface area contributed by atoms with Gasteiger partial charge in [-0.15, -0.1) is 0 Å². The van der Waals surface area contributed by atoms with E-state index in [9.17, 15) is 0 Å². The molecule has 0 radical (unpaired) electrons. The van der Waals surface area contributed by atoms with Crippen molar-refractivity contribution in [3.63, 3.8) is 0 Å². The van der Waals surface area contributed by atoms with Crippen LogP contribution >= 0.6 is 0 Å². The topological polar surface area (TPSA) is 35.2 Å². The summed E-state index contributed by atoms with van der Waals surface area (Å²) < 4.78 is 5.74. The van der Waals surface area contributed by atoms with Crippen LogP contribution in [-0.2, 0) is 17.6 Å². The summed E-state index contributed by atoms with van der Waals surface area (Å²) in [6.45, 7) is 0.904. The molecule has 0 spiro atoms. The van der Waals surface area contributed by atoms with Crippen molar-refractivity contribution in [2.75, 3.05) is 12.3 Å². The Labute approximate surface area is 119 Å². The molecule has 2 aromatic rings. The second-order valence-electron chi connectivity index (χ2n) is 5.84. The van der Waals surface area contributed by atoms with E-state index in [0.29, 0.717) is 6.10 Å². The molecule has 4 rings (SSSR count). The van der Waals surface area contributed by atoms with Crippen molar-refractivity contribution in [1.82, 2.24) is 0 Å². The third-order valence-electron chi connectivity index (χ3n) is 4.59. The van der Waals surface area contributed by atoms with Crippen LogP contribution in [0, 0.1) is 0 Å². The molecule has 1 atom stereocenters.